The number of anilines is 1. The van der Waals surface area contributed by atoms with Crippen molar-refractivity contribution >= 4 is 28.7 Å². The molecular formula is C22H25ClF2N6O3S. The quantitative estimate of drug-likeness (QED) is 0.321. The SMILES string of the molecule is Nc1nc(Cl)cc(-c2nn(C(F)F)cc2Cc2ccccc2OCCN2CC[S+]([O-])CC2CO)n1. The molecule has 2 aromatic heterocycles. The summed E-state index contributed by atoms with van der Waals surface area (Å²) in [7, 11) is 0. The van der Waals surface area contributed by atoms with Crippen LogP contribution in [0.15, 0.2) is 36.5 Å². The van der Waals surface area contributed by atoms with Gasteiger partial charge in [0.1, 0.15) is 34.7 Å². The zero-order chi connectivity index (χ0) is 24.9. The second kappa shape index (κ2) is 11.5. The lowest BCUT2D eigenvalue weighted by molar-refractivity contribution is 0.0567. The summed E-state index contributed by atoms with van der Waals surface area (Å²) in [6.45, 7) is -1.35. The second-order valence-electron chi connectivity index (χ2n) is 8.01. The minimum absolute atomic E-state index is 0.0587. The number of hydrogen-bond donors (Lipinski definition) is 2. The largest absolute Gasteiger partial charge is 0.616 e. The summed E-state index contributed by atoms with van der Waals surface area (Å²) < 4.78 is 45.2. The Morgan fingerprint density at radius 2 is 2.09 bits per heavy atom. The number of hydrogen-bond acceptors (Lipinski definition) is 8. The summed E-state index contributed by atoms with van der Waals surface area (Å²) >= 11 is 5.08. The monoisotopic (exact) mass is 526 g/mol. The van der Waals surface area contributed by atoms with Crippen LogP contribution in [0.25, 0.3) is 11.4 Å². The number of nitrogens with two attached hydrogens (primary N) is 1. The van der Waals surface area contributed by atoms with E-state index in [-0.39, 0.29) is 41.6 Å². The molecule has 35 heavy (non-hydrogen) atoms. The maximum atomic E-state index is 13.4. The van der Waals surface area contributed by atoms with Gasteiger partial charge in [0.25, 0.3) is 0 Å². The fourth-order valence-corrected chi connectivity index (χ4v) is 5.51. The highest BCUT2D eigenvalue weighted by atomic mass is 35.5. The van der Waals surface area contributed by atoms with Gasteiger partial charge in [0.15, 0.2) is 0 Å². The summed E-state index contributed by atoms with van der Waals surface area (Å²) in [5, 5.41) is 13.7. The summed E-state index contributed by atoms with van der Waals surface area (Å²) in [5.74, 6) is 1.53. The van der Waals surface area contributed by atoms with Crippen LogP contribution in [0.1, 0.15) is 17.7 Å². The van der Waals surface area contributed by atoms with Crippen LogP contribution in [0.3, 0.4) is 0 Å². The molecule has 1 fully saturated rings. The second-order valence-corrected chi connectivity index (χ2v) is 10.0. The van der Waals surface area contributed by atoms with E-state index in [9.17, 15) is 18.4 Å². The van der Waals surface area contributed by atoms with Gasteiger partial charge >= 0.3 is 6.55 Å². The van der Waals surface area contributed by atoms with E-state index in [1.807, 2.05) is 18.2 Å². The number of aliphatic hydroxyl groups is 1. The lowest BCUT2D eigenvalue weighted by Crippen LogP contribution is -2.51. The van der Waals surface area contributed by atoms with Gasteiger partial charge in [-0.25, -0.2) is 14.6 Å². The Balaban J connectivity index is 1.52. The minimum atomic E-state index is -2.83. The highest BCUT2D eigenvalue weighted by Gasteiger charge is 2.29. The first-order chi connectivity index (χ1) is 16.8. The van der Waals surface area contributed by atoms with Crippen molar-refractivity contribution in [3.05, 3.63) is 52.8 Å². The molecule has 0 radical (unpaired) electrons. The molecule has 1 aliphatic rings. The van der Waals surface area contributed by atoms with E-state index in [2.05, 4.69) is 20.0 Å². The van der Waals surface area contributed by atoms with Crippen molar-refractivity contribution in [1.82, 2.24) is 24.6 Å². The molecule has 3 N–H and O–H groups in total. The molecule has 188 valence electrons. The number of nitrogens with zero attached hydrogens (tertiary/aromatic N) is 5. The molecule has 0 aliphatic carbocycles. The van der Waals surface area contributed by atoms with E-state index in [1.54, 1.807) is 6.07 Å². The number of rotatable bonds is 9. The van der Waals surface area contributed by atoms with E-state index in [0.29, 0.717) is 47.2 Å². The summed E-state index contributed by atoms with van der Waals surface area (Å²) in [6, 6.07) is 8.58. The first-order valence-electron chi connectivity index (χ1n) is 10.9. The summed E-state index contributed by atoms with van der Waals surface area (Å²) in [6.07, 6.45) is 1.52. The number of ether oxygens (including phenoxy) is 1. The van der Waals surface area contributed by atoms with Gasteiger partial charge in [-0.15, -0.1) is 0 Å². The van der Waals surface area contributed by atoms with Crippen molar-refractivity contribution in [2.24, 2.45) is 0 Å². The maximum absolute atomic E-state index is 13.4. The average molecular weight is 527 g/mol. The van der Waals surface area contributed by atoms with Gasteiger partial charge in [0.2, 0.25) is 5.95 Å². The first-order valence-corrected chi connectivity index (χ1v) is 12.8. The normalized spacial score (nSPS) is 18.8. The van der Waals surface area contributed by atoms with Crippen LogP contribution in [0.2, 0.25) is 5.15 Å². The molecule has 1 saturated heterocycles. The number of aliphatic hydroxyl groups excluding tert-OH is 1. The maximum Gasteiger partial charge on any atom is 0.333 e. The van der Waals surface area contributed by atoms with Crippen molar-refractivity contribution in [3.63, 3.8) is 0 Å². The van der Waals surface area contributed by atoms with Crippen LogP contribution in [-0.4, -0.2) is 78.2 Å². The molecule has 2 atom stereocenters. The Kier molecular flexibility index (Phi) is 8.39. The van der Waals surface area contributed by atoms with Crippen molar-refractivity contribution in [1.29, 1.82) is 0 Å². The number of halogens is 3. The lowest BCUT2D eigenvalue weighted by atomic mass is 10.0. The van der Waals surface area contributed by atoms with Crippen molar-refractivity contribution in [3.8, 4) is 17.1 Å². The number of aromatic nitrogens is 4. The molecule has 1 aromatic carbocycles. The van der Waals surface area contributed by atoms with E-state index in [4.69, 9.17) is 22.1 Å². The molecular weight excluding hydrogens is 502 g/mol. The predicted octanol–water partition coefficient (Wildman–Crippen LogP) is 2.37. The topological polar surface area (TPSA) is 125 Å². The number of benzene rings is 1. The van der Waals surface area contributed by atoms with Gasteiger partial charge in [-0.2, -0.15) is 13.9 Å². The molecule has 0 saturated carbocycles. The number of para-hydroxylation sites is 1. The van der Waals surface area contributed by atoms with Crippen molar-refractivity contribution < 1.29 is 23.2 Å². The van der Waals surface area contributed by atoms with Crippen molar-refractivity contribution in [2.75, 3.05) is 43.5 Å². The van der Waals surface area contributed by atoms with Gasteiger partial charge in [0.05, 0.1) is 18.3 Å². The highest BCUT2D eigenvalue weighted by Crippen LogP contribution is 2.29. The minimum Gasteiger partial charge on any atom is -0.616 e. The molecule has 13 heteroatoms. The molecule has 1 aliphatic heterocycles. The Morgan fingerprint density at radius 1 is 1.29 bits per heavy atom. The van der Waals surface area contributed by atoms with Gasteiger partial charge in [-0.1, -0.05) is 41.0 Å². The summed E-state index contributed by atoms with van der Waals surface area (Å²) in [5.41, 5.74) is 7.42. The standard InChI is InChI=1S/C22H25ClF2N6O3S/c23-19-10-17(27-22(26)28-19)20-15(11-31(29-20)21(24)25)9-14-3-1-2-4-18(14)34-7-5-30-6-8-35(33)13-16(30)12-32/h1-4,10-11,16,21,32H,5-9,12-13H2,(H2,26,27,28). The van der Waals surface area contributed by atoms with E-state index < -0.39 is 17.7 Å². The molecule has 0 bridgehead atoms. The molecule has 0 amide bonds. The van der Waals surface area contributed by atoms with Gasteiger partial charge in [-0.05, 0) is 11.6 Å². The lowest BCUT2D eigenvalue weighted by Gasteiger charge is -2.34. The van der Waals surface area contributed by atoms with Crippen LogP contribution in [0.5, 0.6) is 5.75 Å². The molecule has 9 nitrogen and oxygen atoms in total. The van der Waals surface area contributed by atoms with E-state index in [1.165, 1.54) is 12.3 Å². The third-order valence-corrected chi connectivity index (χ3v) is 7.25. The molecule has 2 unspecified atom stereocenters. The zero-order valence-electron chi connectivity index (χ0n) is 18.7. The molecule has 4 rings (SSSR count). The Morgan fingerprint density at radius 3 is 2.83 bits per heavy atom. The smallest absolute Gasteiger partial charge is 0.333 e. The Labute approximate surface area is 209 Å². The fourth-order valence-electron chi connectivity index (χ4n) is 3.97. The van der Waals surface area contributed by atoms with E-state index in [0.717, 1.165) is 5.56 Å². The Bertz CT molecular complexity index is 1130. The average Bonchev–Trinajstić information content (AvgIpc) is 3.24. The van der Waals surface area contributed by atoms with Gasteiger partial charge in [0, 0.05) is 37.3 Å². The van der Waals surface area contributed by atoms with Crippen LogP contribution in [0, 0.1) is 0 Å². The van der Waals surface area contributed by atoms with Crippen molar-refractivity contribution in [2.45, 2.75) is 19.0 Å². The van der Waals surface area contributed by atoms with Crippen LogP contribution in [0.4, 0.5) is 14.7 Å². The van der Waals surface area contributed by atoms with Crippen LogP contribution < -0.4 is 10.5 Å². The third-order valence-electron chi connectivity index (χ3n) is 5.66. The van der Waals surface area contributed by atoms with Gasteiger partial charge in [-0.3, -0.25) is 4.90 Å². The van der Waals surface area contributed by atoms with Crippen LogP contribution >= 0.6 is 11.6 Å². The highest BCUT2D eigenvalue weighted by molar-refractivity contribution is 7.91. The molecule has 0 spiro atoms. The summed E-state index contributed by atoms with van der Waals surface area (Å²) in [4.78, 5) is 9.98. The number of nitrogen functional groups attached to an aromatic ring is 1. The van der Waals surface area contributed by atoms with Crippen LogP contribution in [-0.2, 0) is 17.6 Å². The fraction of sp³-hybridized carbons (Fsp3) is 0.409. The first kappa shape index (κ1) is 25.6. The third kappa shape index (κ3) is 6.39. The van der Waals surface area contributed by atoms with Gasteiger partial charge < -0.3 is 20.1 Å². The van der Waals surface area contributed by atoms with E-state index >= 15 is 0 Å². The number of alkyl halides is 2. The zero-order valence-corrected chi connectivity index (χ0v) is 20.3. The molecule has 3 aromatic rings. The molecule has 3 heterocycles. The predicted molar refractivity (Wildman–Crippen MR) is 129 cm³/mol. The Hall–Kier alpha value is -2.51.